The Morgan fingerprint density at radius 3 is 2.24 bits per heavy atom. The normalized spacial score (nSPS) is 10.8. The Labute approximate surface area is 174 Å². The lowest BCUT2D eigenvalue weighted by Gasteiger charge is -2.12. The van der Waals surface area contributed by atoms with Crippen LogP contribution in [0.15, 0.2) is 64.6 Å². The SMILES string of the molecule is CC(C)C(=O)c1ccco1.CC(C)Oc1nc2ccccc2nc1-c1cccs1. The van der Waals surface area contributed by atoms with Crippen LogP contribution in [-0.4, -0.2) is 21.9 Å². The summed E-state index contributed by atoms with van der Waals surface area (Å²) in [5.41, 5.74) is 2.57. The minimum Gasteiger partial charge on any atom is -0.473 e. The largest absolute Gasteiger partial charge is 0.473 e. The average molecular weight is 409 g/mol. The highest BCUT2D eigenvalue weighted by atomic mass is 32.1. The van der Waals surface area contributed by atoms with E-state index >= 15 is 0 Å². The first-order valence-corrected chi connectivity index (χ1v) is 10.4. The number of ketones is 1. The monoisotopic (exact) mass is 408 g/mol. The van der Waals surface area contributed by atoms with Gasteiger partial charge in [-0.1, -0.05) is 32.0 Å². The van der Waals surface area contributed by atoms with Crippen molar-refractivity contribution in [3.05, 3.63) is 65.9 Å². The van der Waals surface area contributed by atoms with Gasteiger partial charge in [-0.2, -0.15) is 0 Å². The van der Waals surface area contributed by atoms with Crippen molar-refractivity contribution in [2.45, 2.75) is 33.8 Å². The van der Waals surface area contributed by atoms with E-state index in [1.807, 2.05) is 69.5 Å². The minimum absolute atomic E-state index is 0.0196. The van der Waals surface area contributed by atoms with Crippen LogP contribution in [0.25, 0.3) is 21.6 Å². The molecule has 4 rings (SSSR count). The molecule has 3 heterocycles. The lowest BCUT2D eigenvalue weighted by atomic mass is 10.1. The summed E-state index contributed by atoms with van der Waals surface area (Å²) in [5.74, 6) is 1.14. The van der Waals surface area contributed by atoms with E-state index < -0.39 is 0 Å². The maximum atomic E-state index is 11.1. The van der Waals surface area contributed by atoms with Gasteiger partial charge in [-0.15, -0.1) is 11.3 Å². The number of carbonyl (C=O) groups is 1. The van der Waals surface area contributed by atoms with Gasteiger partial charge in [0.25, 0.3) is 0 Å². The van der Waals surface area contributed by atoms with Crippen molar-refractivity contribution in [1.29, 1.82) is 0 Å². The lowest BCUT2D eigenvalue weighted by Crippen LogP contribution is -2.08. The van der Waals surface area contributed by atoms with Crippen molar-refractivity contribution in [1.82, 2.24) is 9.97 Å². The van der Waals surface area contributed by atoms with E-state index in [0.29, 0.717) is 11.6 Å². The third-order valence-corrected chi connectivity index (χ3v) is 4.81. The smallest absolute Gasteiger partial charge is 0.242 e. The van der Waals surface area contributed by atoms with Gasteiger partial charge in [0.05, 0.1) is 28.3 Å². The van der Waals surface area contributed by atoms with Crippen LogP contribution in [0.3, 0.4) is 0 Å². The van der Waals surface area contributed by atoms with Crippen molar-refractivity contribution < 1.29 is 13.9 Å². The standard InChI is InChI=1S/C15H14N2OS.C8H10O2/c1-10(2)18-15-14(13-8-5-9-19-13)16-11-6-3-4-7-12(11)17-15;1-6(2)8(9)7-4-3-5-10-7/h3-10H,1-2H3;3-6H,1-2H3. The van der Waals surface area contributed by atoms with Crippen LogP contribution < -0.4 is 4.74 Å². The Morgan fingerprint density at radius 2 is 1.69 bits per heavy atom. The summed E-state index contributed by atoms with van der Waals surface area (Å²) in [6.45, 7) is 7.69. The summed E-state index contributed by atoms with van der Waals surface area (Å²) in [6.07, 6.45) is 1.59. The second-order valence-corrected chi connectivity index (χ2v) is 7.95. The molecule has 0 radical (unpaired) electrons. The number of rotatable bonds is 5. The first kappa shape index (κ1) is 20.7. The fraction of sp³-hybridized carbons (Fsp3) is 0.261. The first-order chi connectivity index (χ1) is 14.0. The van der Waals surface area contributed by atoms with Gasteiger partial charge in [0.15, 0.2) is 11.5 Å². The molecule has 29 heavy (non-hydrogen) atoms. The van der Waals surface area contributed by atoms with Crippen LogP contribution in [0.4, 0.5) is 0 Å². The van der Waals surface area contributed by atoms with Gasteiger partial charge in [-0.25, -0.2) is 9.97 Å². The number of carbonyl (C=O) groups excluding carboxylic acids is 1. The number of nitrogens with zero attached hydrogens (tertiary/aromatic N) is 2. The topological polar surface area (TPSA) is 65.2 Å². The van der Waals surface area contributed by atoms with Gasteiger partial charge in [-0.05, 0) is 49.6 Å². The molecule has 0 aliphatic carbocycles. The molecule has 1 aromatic carbocycles. The number of furan rings is 1. The summed E-state index contributed by atoms with van der Waals surface area (Å²) >= 11 is 1.64. The van der Waals surface area contributed by atoms with Gasteiger partial charge in [0.2, 0.25) is 5.88 Å². The molecular weight excluding hydrogens is 384 g/mol. The number of hydrogen-bond donors (Lipinski definition) is 0. The van der Waals surface area contributed by atoms with Gasteiger partial charge in [0, 0.05) is 5.92 Å². The van der Waals surface area contributed by atoms with Gasteiger partial charge >= 0.3 is 0 Å². The molecule has 0 N–H and O–H groups in total. The van der Waals surface area contributed by atoms with E-state index in [0.717, 1.165) is 21.6 Å². The molecule has 0 aliphatic rings. The molecule has 0 bridgehead atoms. The highest BCUT2D eigenvalue weighted by Crippen LogP contribution is 2.32. The molecule has 0 fully saturated rings. The minimum atomic E-state index is 0.0196. The third-order valence-electron chi connectivity index (χ3n) is 3.93. The zero-order valence-corrected chi connectivity index (χ0v) is 17.8. The zero-order chi connectivity index (χ0) is 20.8. The van der Waals surface area contributed by atoms with Crippen molar-refractivity contribution in [3.63, 3.8) is 0 Å². The van der Waals surface area contributed by atoms with E-state index in [4.69, 9.17) is 14.1 Å². The fourth-order valence-electron chi connectivity index (χ4n) is 2.57. The highest BCUT2D eigenvalue weighted by molar-refractivity contribution is 7.13. The number of hydrogen-bond acceptors (Lipinski definition) is 6. The number of Topliss-reactive ketones (excluding diaryl/α,β-unsaturated/α-hetero) is 1. The number of aromatic nitrogens is 2. The number of para-hydroxylation sites is 2. The van der Waals surface area contributed by atoms with E-state index in [-0.39, 0.29) is 17.8 Å². The van der Waals surface area contributed by atoms with Crippen molar-refractivity contribution in [3.8, 4) is 16.5 Å². The van der Waals surface area contributed by atoms with Crippen molar-refractivity contribution in [2.24, 2.45) is 5.92 Å². The number of ether oxygens (including phenoxy) is 1. The van der Waals surface area contributed by atoms with E-state index in [9.17, 15) is 4.79 Å². The Morgan fingerprint density at radius 1 is 0.966 bits per heavy atom. The Kier molecular flexibility index (Phi) is 6.77. The van der Waals surface area contributed by atoms with Gasteiger partial charge < -0.3 is 9.15 Å². The molecule has 0 amide bonds. The predicted octanol–water partition coefficient (Wildman–Crippen LogP) is 6.26. The molecule has 0 unspecified atom stereocenters. The molecule has 5 nitrogen and oxygen atoms in total. The molecule has 0 spiro atoms. The van der Waals surface area contributed by atoms with Crippen LogP contribution >= 0.6 is 11.3 Å². The van der Waals surface area contributed by atoms with Crippen LogP contribution in [0, 0.1) is 5.92 Å². The molecule has 150 valence electrons. The summed E-state index contributed by atoms with van der Waals surface area (Å²) in [4.78, 5) is 21.5. The quantitative estimate of drug-likeness (QED) is 0.364. The Hall–Kier alpha value is -2.99. The molecule has 3 aromatic heterocycles. The number of benzene rings is 1. The average Bonchev–Trinajstić information content (AvgIpc) is 3.41. The Bertz CT molecular complexity index is 1060. The molecule has 0 atom stereocenters. The summed E-state index contributed by atoms with van der Waals surface area (Å²) in [7, 11) is 0. The molecule has 6 heteroatoms. The molecule has 0 aliphatic heterocycles. The first-order valence-electron chi connectivity index (χ1n) is 9.50. The number of thiophene rings is 1. The zero-order valence-electron chi connectivity index (χ0n) is 17.0. The summed E-state index contributed by atoms with van der Waals surface area (Å²) in [5, 5.41) is 2.03. The van der Waals surface area contributed by atoms with Crippen LogP contribution in [-0.2, 0) is 0 Å². The van der Waals surface area contributed by atoms with Crippen molar-refractivity contribution in [2.75, 3.05) is 0 Å². The maximum absolute atomic E-state index is 11.1. The highest BCUT2D eigenvalue weighted by Gasteiger charge is 2.14. The third kappa shape index (κ3) is 5.29. The molecule has 0 saturated carbocycles. The van der Waals surface area contributed by atoms with Gasteiger partial charge in [-0.3, -0.25) is 4.79 Å². The van der Waals surface area contributed by atoms with Crippen LogP contribution in [0.5, 0.6) is 5.88 Å². The van der Waals surface area contributed by atoms with E-state index in [2.05, 4.69) is 4.98 Å². The maximum Gasteiger partial charge on any atom is 0.242 e. The summed E-state index contributed by atoms with van der Waals surface area (Å²) < 4.78 is 10.7. The molecule has 4 aromatic rings. The molecule has 0 saturated heterocycles. The van der Waals surface area contributed by atoms with E-state index in [1.54, 1.807) is 23.5 Å². The Balaban J connectivity index is 0.000000204. The van der Waals surface area contributed by atoms with Crippen LogP contribution in [0.1, 0.15) is 38.2 Å². The second kappa shape index (κ2) is 9.47. The van der Waals surface area contributed by atoms with Crippen molar-refractivity contribution >= 4 is 28.2 Å². The van der Waals surface area contributed by atoms with Gasteiger partial charge in [0.1, 0.15) is 5.69 Å². The lowest BCUT2D eigenvalue weighted by molar-refractivity contribution is 0.0911. The second-order valence-electron chi connectivity index (χ2n) is 7.01. The van der Waals surface area contributed by atoms with E-state index in [1.165, 1.54) is 6.26 Å². The molecular formula is C23H24N2O3S. The fourth-order valence-corrected chi connectivity index (χ4v) is 3.27. The number of fused-ring (bicyclic) bond motifs is 1. The predicted molar refractivity (Wildman–Crippen MR) is 116 cm³/mol. The van der Waals surface area contributed by atoms with Crippen LogP contribution in [0.2, 0.25) is 0 Å². The summed E-state index contributed by atoms with van der Waals surface area (Å²) in [6, 6.07) is 15.3.